The van der Waals surface area contributed by atoms with Gasteiger partial charge in [-0.1, -0.05) is 164 Å². The largest absolute Gasteiger partial charge is 0.456 e. The van der Waals surface area contributed by atoms with Gasteiger partial charge in [0.2, 0.25) is 0 Å². The van der Waals surface area contributed by atoms with Crippen molar-refractivity contribution in [2.24, 2.45) is 0 Å². The van der Waals surface area contributed by atoms with Crippen molar-refractivity contribution in [2.45, 2.75) is 0 Å². The predicted octanol–water partition coefficient (Wildman–Crippen LogP) is 13.7. The molecule has 50 heavy (non-hydrogen) atoms. The molecule has 0 amide bonds. The SMILES string of the molecule is c1ccc(-c2ccc(N(c3cccc(-c4ccccc4)c3-c3ccccc3-c3ccccc3)c3cccc4oc5ccccc5c34)cc2)cc1. The third-order valence-corrected chi connectivity index (χ3v) is 9.50. The molecule has 9 rings (SSSR count). The van der Waals surface area contributed by atoms with Gasteiger partial charge in [0.15, 0.2) is 0 Å². The van der Waals surface area contributed by atoms with Crippen LogP contribution in [-0.2, 0) is 0 Å². The highest BCUT2D eigenvalue weighted by Crippen LogP contribution is 2.50. The van der Waals surface area contributed by atoms with Crippen molar-refractivity contribution >= 4 is 39.0 Å². The van der Waals surface area contributed by atoms with Gasteiger partial charge in [0.05, 0.1) is 16.8 Å². The van der Waals surface area contributed by atoms with Gasteiger partial charge in [-0.2, -0.15) is 0 Å². The van der Waals surface area contributed by atoms with Gasteiger partial charge in [0.25, 0.3) is 0 Å². The van der Waals surface area contributed by atoms with Crippen LogP contribution in [-0.4, -0.2) is 0 Å². The molecule has 0 unspecified atom stereocenters. The van der Waals surface area contributed by atoms with E-state index in [1.807, 2.05) is 6.07 Å². The van der Waals surface area contributed by atoms with E-state index in [0.29, 0.717) is 0 Å². The molecule has 0 aliphatic heterocycles. The molecule has 1 aromatic heterocycles. The number of rotatable bonds is 7. The first-order valence-electron chi connectivity index (χ1n) is 17.0. The predicted molar refractivity (Wildman–Crippen MR) is 210 cm³/mol. The maximum atomic E-state index is 6.45. The molecule has 0 aliphatic carbocycles. The molecule has 0 atom stereocenters. The Balaban J connectivity index is 1.37. The zero-order chi connectivity index (χ0) is 33.3. The van der Waals surface area contributed by atoms with Crippen molar-refractivity contribution in [1.29, 1.82) is 0 Å². The average Bonchev–Trinajstić information content (AvgIpc) is 3.59. The lowest BCUT2D eigenvalue weighted by Gasteiger charge is -2.30. The summed E-state index contributed by atoms with van der Waals surface area (Å²) in [5.74, 6) is 0. The minimum Gasteiger partial charge on any atom is -0.456 e. The maximum Gasteiger partial charge on any atom is 0.137 e. The molecule has 0 N–H and O–H groups in total. The summed E-state index contributed by atoms with van der Waals surface area (Å²) in [5, 5.41) is 2.18. The number of anilines is 3. The second-order valence-electron chi connectivity index (χ2n) is 12.5. The van der Waals surface area contributed by atoms with Crippen LogP contribution >= 0.6 is 0 Å². The van der Waals surface area contributed by atoms with Gasteiger partial charge in [-0.25, -0.2) is 0 Å². The summed E-state index contributed by atoms with van der Waals surface area (Å²) in [7, 11) is 0. The van der Waals surface area contributed by atoms with E-state index in [0.717, 1.165) is 44.6 Å². The summed E-state index contributed by atoms with van der Waals surface area (Å²) in [6.45, 7) is 0. The molecule has 0 aliphatic rings. The van der Waals surface area contributed by atoms with E-state index in [9.17, 15) is 0 Å². The standard InChI is InChI=1S/C48H33NO/c1-4-16-34(17-5-1)35-30-32-38(33-31-35)49(44-27-15-29-46-48(44)42-24-12-13-28-45(42)50-46)43-26-14-25-40(37-20-8-3-9-21-37)47(43)41-23-11-10-22-39(41)36-18-6-2-7-19-36/h1-33H. The molecule has 0 spiro atoms. The van der Waals surface area contributed by atoms with E-state index in [-0.39, 0.29) is 0 Å². The maximum absolute atomic E-state index is 6.45. The zero-order valence-corrected chi connectivity index (χ0v) is 27.4. The summed E-state index contributed by atoms with van der Waals surface area (Å²) in [6.07, 6.45) is 0. The number of nitrogens with zero attached hydrogens (tertiary/aromatic N) is 1. The van der Waals surface area contributed by atoms with Crippen molar-refractivity contribution < 1.29 is 4.42 Å². The Hall–Kier alpha value is -6.64. The Labute approximate surface area is 292 Å². The van der Waals surface area contributed by atoms with E-state index in [1.54, 1.807) is 0 Å². The Morgan fingerprint density at radius 2 is 0.820 bits per heavy atom. The molecule has 236 valence electrons. The van der Waals surface area contributed by atoms with Crippen LogP contribution in [0.2, 0.25) is 0 Å². The average molecular weight is 640 g/mol. The highest BCUT2D eigenvalue weighted by atomic mass is 16.3. The highest BCUT2D eigenvalue weighted by Gasteiger charge is 2.25. The Morgan fingerprint density at radius 3 is 1.54 bits per heavy atom. The summed E-state index contributed by atoms with van der Waals surface area (Å²) in [6, 6.07) is 71.1. The summed E-state index contributed by atoms with van der Waals surface area (Å²) in [4.78, 5) is 2.42. The van der Waals surface area contributed by atoms with Gasteiger partial charge >= 0.3 is 0 Å². The fraction of sp³-hybridized carbons (Fsp3) is 0. The van der Waals surface area contributed by atoms with Crippen molar-refractivity contribution in [3.63, 3.8) is 0 Å². The minimum absolute atomic E-state index is 0.861. The van der Waals surface area contributed by atoms with Crippen LogP contribution in [0.1, 0.15) is 0 Å². The number of para-hydroxylation sites is 1. The topological polar surface area (TPSA) is 16.4 Å². The molecule has 0 saturated heterocycles. The quantitative estimate of drug-likeness (QED) is 0.173. The van der Waals surface area contributed by atoms with Crippen LogP contribution < -0.4 is 4.90 Å². The van der Waals surface area contributed by atoms with Crippen LogP contribution in [0, 0.1) is 0 Å². The zero-order valence-electron chi connectivity index (χ0n) is 27.4. The molecule has 1 heterocycles. The van der Waals surface area contributed by atoms with Crippen LogP contribution in [0.5, 0.6) is 0 Å². The van der Waals surface area contributed by atoms with Crippen molar-refractivity contribution in [3.05, 3.63) is 200 Å². The van der Waals surface area contributed by atoms with Crippen LogP contribution in [0.3, 0.4) is 0 Å². The van der Waals surface area contributed by atoms with E-state index in [4.69, 9.17) is 4.42 Å². The van der Waals surface area contributed by atoms with E-state index in [2.05, 4.69) is 199 Å². The fourth-order valence-electron chi connectivity index (χ4n) is 7.22. The third kappa shape index (κ3) is 5.24. The monoisotopic (exact) mass is 639 g/mol. The molecular formula is C48H33NO. The van der Waals surface area contributed by atoms with Crippen LogP contribution in [0.25, 0.3) is 66.4 Å². The number of hydrogen-bond donors (Lipinski definition) is 0. The molecule has 2 heteroatoms. The fourth-order valence-corrected chi connectivity index (χ4v) is 7.22. The number of furan rings is 1. The summed E-state index contributed by atoms with van der Waals surface area (Å²) >= 11 is 0. The van der Waals surface area contributed by atoms with Crippen LogP contribution in [0.4, 0.5) is 17.1 Å². The molecule has 2 nitrogen and oxygen atoms in total. The number of fused-ring (bicyclic) bond motifs is 3. The van der Waals surface area contributed by atoms with Crippen LogP contribution in [0.15, 0.2) is 205 Å². The molecule has 0 saturated carbocycles. The third-order valence-electron chi connectivity index (χ3n) is 9.50. The van der Waals surface area contributed by atoms with Gasteiger partial charge in [0, 0.05) is 16.6 Å². The van der Waals surface area contributed by atoms with Gasteiger partial charge in [-0.3, -0.25) is 0 Å². The lowest BCUT2D eigenvalue weighted by Crippen LogP contribution is -2.12. The Kier molecular flexibility index (Phi) is 7.53. The first-order valence-corrected chi connectivity index (χ1v) is 17.0. The van der Waals surface area contributed by atoms with E-state index in [1.165, 1.54) is 38.9 Å². The number of benzene rings is 8. The van der Waals surface area contributed by atoms with Gasteiger partial charge in [-0.15, -0.1) is 0 Å². The summed E-state index contributed by atoms with van der Waals surface area (Å²) in [5.41, 5.74) is 14.3. The highest BCUT2D eigenvalue weighted by molar-refractivity contribution is 6.14. The van der Waals surface area contributed by atoms with Crippen molar-refractivity contribution in [2.75, 3.05) is 4.90 Å². The van der Waals surface area contributed by atoms with Gasteiger partial charge < -0.3 is 9.32 Å². The van der Waals surface area contributed by atoms with E-state index >= 15 is 0 Å². The van der Waals surface area contributed by atoms with E-state index < -0.39 is 0 Å². The first kappa shape index (κ1) is 29.5. The molecule has 0 radical (unpaired) electrons. The number of hydrogen-bond acceptors (Lipinski definition) is 2. The van der Waals surface area contributed by atoms with Crippen molar-refractivity contribution in [1.82, 2.24) is 0 Å². The smallest absolute Gasteiger partial charge is 0.137 e. The minimum atomic E-state index is 0.861. The second-order valence-corrected chi connectivity index (χ2v) is 12.5. The first-order chi connectivity index (χ1) is 24.8. The molecule has 0 bridgehead atoms. The van der Waals surface area contributed by atoms with Gasteiger partial charge in [-0.05, 0) is 75.3 Å². The molecule has 9 aromatic rings. The molecule has 0 fully saturated rings. The molecular weight excluding hydrogens is 607 g/mol. The second kappa shape index (κ2) is 12.8. The lowest BCUT2D eigenvalue weighted by atomic mass is 9.87. The van der Waals surface area contributed by atoms with Crippen molar-refractivity contribution in [3.8, 4) is 44.5 Å². The molecule has 8 aromatic carbocycles. The van der Waals surface area contributed by atoms with Gasteiger partial charge in [0.1, 0.15) is 11.2 Å². The lowest BCUT2D eigenvalue weighted by molar-refractivity contribution is 0.669. The normalized spacial score (nSPS) is 11.2. The Morgan fingerprint density at radius 1 is 0.320 bits per heavy atom. The Bertz CT molecular complexity index is 2570. The summed E-state index contributed by atoms with van der Waals surface area (Å²) < 4.78 is 6.45.